The lowest BCUT2D eigenvalue weighted by atomic mass is 10.1. The Labute approximate surface area is 153 Å². The first-order valence-electron chi connectivity index (χ1n) is 8.94. The van der Waals surface area contributed by atoms with Crippen molar-refractivity contribution in [2.24, 2.45) is 0 Å². The highest BCUT2D eigenvalue weighted by atomic mass is 16.5. The summed E-state index contributed by atoms with van der Waals surface area (Å²) in [6.45, 7) is 0.273. The zero-order chi connectivity index (χ0) is 19.2. The Morgan fingerprint density at radius 1 is 0.808 bits per heavy atom. The van der Waals surface area contributed by atoms with Gasteiger partial charge in [-0.05, 0) is 31.4 Å². The van der Waals surface area contributed by atoms with E-state index in [1.807, 2.05) is 0 Å². The number of amides is 1. The van der Waals surface area contributed by atoms with Gasteiger partial charge < -0.3 is 20.3 Å². The minimum Gasteiger partial charge on any atom is -0.491 e. The van der Waals surface area contributed by atoms with Crippen molar-refractivity contribution in [3.63, 3.8) is 0 Å². The molecule has 1 amide bonds. The van der Waals surface area contributed by atoms with Crippen molar-refractivity contribution in [1.29, 1.82) is 0 Å². The normalized spacial score (nSPS) is 10.3. The maximum atomic E-state index is 12.0. The highest BCUT2D eigenvalue weighted by molar-refractivity contribution is 5.92. The fourth-order valence-corrected chi connectivity index (χ4v) is 2.41. The van der Waals surface area contributed by atoms with E-state index >= 15 is 0 Å². The molecule has 0 aliphatic heterocycles. The second-order valence-electron chi connectivity index (χ2n) is 6.05. The van der Waals surface area contributed by atoms with E-state index in [2.05, 4.69) is 5.32 Å². The molecule has 7 nitrogen and oxygen atoms in total. The second-order valence-corrected chi connectivity index (χ2v) is 6.05. The maximum absolute atomic E-state index is 12.0. The third-order valence-electron chi connectivity index (χ3n) is 3.75. The summed E-state index contributed by atoms with van der Waals surface area (Å²) in [4.78, 5) is 32.9. The zero-order valence-electron chi connectivity index (χ0n) is 14.9. The Morgan fingerprint density at radius 2 is 1.38 bits per heavy atom. The smallest absolute Gasteiger partial charge is 0.303 e. The Morgan fingerprint density at radius 3 is 2.08 bits per heavy atom. The number of nitrogens with one attached hydrogen (secondary N) is 1. The molecule has 1 aromatic carbocycles. The largest absolute Gasteiger partial charge is 0.491 e. The molecule has 0 unspecified atom stereocenters. The highest BCUT2D eigenvalue weighted by Crippen LogP contribution is 2.24. The van der Waals surface area contributed by atoms with E-state index in [1.54, 1.807) is 24.3 Å². The van der Waals surface area contributed by atoms with Gasteiger partial charge in [0.05, 0.1) is 12.3 Å². The van der Waals surface area contributed by atoms with E-state index in [9.17, 15) is 14.4 Å². The van der Waals surface area contributed by atoms with Crippen LogP contribution in [0, 0.1) is 0 Å². The lowest BCUT2D eigenvalue weighted by Gasteiger charge is -2.12. The third-order valence-corrected chi connectivity index (χ3v) is 3.75. The van der Waals surface area contributed by atoms with Gasteiger partial charge in [-0.15, -0.1) is 0 Å². The molecule has 0 spiro atoms. The van der Waals surface area contributed by atoms with Crippen molar-refractivity contribution in [3.05, 3.63) is 24.3 Å². The predicted octanol–water partition coefficient (Wildman–Crippen LogP) is 3.68. The van der Waals surface area contributed by atoms with Crippen LogP contribution in [0.5, 0.6) is 5.75 Å². The number of rotatable bonds is 14. The van der Waals surface area contributed by atoms with E-state index < -0.39 is 11.9 Å². The van der Waals surface area contributed by atoms with Crippen LogP contribution in [0.3, 0.4) is 0 Å². The molecule has 0 radical (unpaired) electrons. The Bertz CT molecular complexity index is 587. The summed E-state index contributed by atoms with van der Waals surface area (Å²) in [5.74, 6) is -1.21. The number of carboxylic acids is 2. The van der Waals surface area contributed by atoms with Crippen molar-refractivity contribution in [1.82, 2.24) is 0 Å². The number of hydrogen-bond donors (Lipinski definition) is 3. The summed E-state index contributed by atoms with van der Waals surface area (Å²) in [6, 6.07) is 7.07. The third kappa shape index (κ3) is 10.3. The Balaban J connectivity index is 2.26. The number of hydrogen-bond acceptors (Lipinski definition) is 4. The van der Waals surface area contributed by atoms with Crippen molar-refractivity contribution in [2.45, 2.75) is 57.8 Å². The number of aliphatic carboxylic acids is 2. The van der Waals surface area contributed by atoms with Crippen LogP contribution in [0.2, 0.25) is 0 Å². The summed E-state index contributed by atoms with van der Waals surface area (Å²) >= 11 is 0. The molecule has 3 N–H and O–H groups in total. The van der Waals surface area contributed by atoms with Gasteiger partial charge in [0.2, 0.25) is 5.91 Å². The Hall–Kier alpha value is -2.57. The van der Waals surface area contributed by atoms with Crippen molar-refractivity contribution in [3.8, 4) is 5.75 Å². The fourth-order valence-electron chi connectivity index (χ4n) is 2.41. The van der Waals surface area contributed by atoms with Gasteiger partial charge in [-0.1, -0.05) is 31.4 Å². The molecule has 0 aliphatic rings. The molecule has 0 aromatic heterocycles. The first-order valence-corrected chi connectivity index (χ1v) is 8.94. The molecule has 0 atom stereocenters. The average Bonchev–Trinajstić information content (AvgIpc) is 2.58. The monoisotopic (exact) mass is 365 g/mol. The van der Waals surface area contributed by atoms with E-state index in [0.717, 1.165) is 25.7 Å². The predicted molar refractivity (Wildman–Crippen MR) is 97.4 cm³/mol. The molecule has 1 aromatic rings. The average molecular weight is 365 g/mol. The zero-order valence-corrected chi connectivity index (χ0v) is 14.9. The van der Waals surface area contributed by atoms with Crippen LogP contribution in [0.15, 0.2) is 24.3 Å². The minimum absolute atomic E-state index is 0.0426. The minimum atomic E-state index is -0.863. The second kappa shape index (κ2) is 12.7. The lowest BCUT2D eigenvalue weighted by molar-refractivity contribution is -0.138. The van der Waals surface area contributed by atoms with Crippen LogP contribution in [0.4, 0.5) is 5.69 Å². The van der Waals surface area contributed by atoms with Crippen molar-refractivity contribution >= 4 is 23.5 Å². The van der Waals surface area contributed by atoms with Crippen LogP contribution in [0.1, 0.15) is 57.8 Å². The number of para-hydroxylation sites is 2. The van der Waals surface area contributed by atoms with Gasteiger partial charge in [0.1, 0.15) is 5.75 Å². The number of carbonyl (C=O) groups is 3. The van der Waals surface area contributed by atoms with Gasteiger partial charge in [-0.2, -0.15) is 0 Å². The number of benzene rings is 1. The van der Waals surface area contributed by atoms with Crippen molar-refractivity contribution < 1.29 is 29.3 Å². The van der Waals surface area contributed by atoms with Crippen LogP contribution in [0.25, 0.3) is 0 Å². The van der Waals surface area contributed by atoms with E-state index in [0.29, 0.717) is 30.7 Å². The van der Waals surface area contributed by atoms with E-state index in [1.165, 1.54) is 0 Å². The van der Waals surface area contributed by atoms with Crippen LogP contribution in [-0.4, -0.2) is 34.7 Å². The van der Waals surface area contributed by atoms with Gasteiger partial charge in [0.15, 0.2) is 0 Å². The number of carbonyl (C=O) groups excluding carboxylic acids is 1. The summed E-state index contributed by atoms with van der Waals surface area (Å²) in [5.41, 5.74) is 0.578. The molecule has 0 saturated carbocycles. The van der Waals surface area contributed by atoms with E-state index in [4.69, 9.17) is 14.9 Å². The molecule has 7 heteroatoms. The van der Waals surface area contributed by atoms with Crippen LogP contribution >= 0.6 is 0 Å². The number of carboxylic acid groups (broad SMARTS) is 2. The SMILES string of the molecule is O=C(O)CCCCCCCC(=O)Nc1ccccc1OCCCC(=O)O. The molecular weight excluding hydrogens is 338 g/mol. The van der Waals surface area contributed by atoms with Gasteiger partial charge in [0.25, 0.3) is 0 Å². The quantitative estimate of drug-likeness (QED) is 0.433. The number of unbranched alkanes of at least 4 members (excludes halogenated alkanes) is 4. The first-order chi connectivity index (χ1) is 12.5. The molecule has 1 rings (SSSR count). The maximum Gasteiger partial charge on any atom is 0.303 e. The summed E-state index contributed by atoms with van der Waals surface area (Å²) in [7, 11) is 0. The summed E-state index contributed by atoms with van der Waals surface area (Å²) in [5, 5.41) is 20.0. The fraction of sp³-hybridized carbons (Fsp3) is 0.526. The number of ether oxygens (including phenoxy) is 1. The van der Waals surface area contributed by atoms with Gasteiger partial charge in [-0.25, -0.2) is 0 Å². The first kappa shape index (κ1) is 21.5. The molecule has 0 bridgehead atoms. The lowest BCUT2D eigenvalue weighted by Crippen LogP contribution is -2.12. The molecule has 0 saturated heterocycles. The standard InChI is InChI=1S/C19H27NO6/c21-17(11-4-2-1-3-5-12-18(22)23)20-15-9-6-7-10-16(15)26-14-8-13-19(24)25/h6-7,9-10H,1-5,8,11-14H2,(H,20,21)(H,22,23)(H,24,25). The molecule has 0 fully saturated rings. The summed E-state index contributed by atoms with van der Waals surface area (Å²) < 4.78 is 5.55. The molecular formula is C19H27NO6. The number of anilines is 1. The van der Waals surface area contributed by atoms with Gasteiger partial charge >= 0.3 is 11.9 Å². The summed E-state index contributed by atoms with van der Waals surface area (Å²) in [6.07, 6.45) is 5.14. The van der Waals surface area contributed by atoms with Gasteiger partial charge in [-0.3, -0.25) is 14.4 Å². The van der Waals surface area contributed by atoms with Gasteiger partial charge in [0, 0.05) is 19.3 Å². The molecule has 144 valence electrons. The van der Waals surface area contributed by atoms with E-state index in [-0.39, 0.29) is 25.4 Å². The van der Waals surface area contributed by atoms with Crippen molar-refractivity contribution in [2.75, 3.05) is 11.9 Å². The Kier molecular flexibility index (Phi) is 10.5. The highest BCUT2D eigenvalue weighted by Gasteiger charge is 2.08. The van der Waals surface area contributed by atoms with Crippen LogP contribution < -0.4 is 10.1 Å². The molecule has 26 heavy (non-hydrogen) atoms. The topological polar surface area (TPSA) is 113 Å². The molecule has 0 heterocycles. The van der Waals surface area contributed by atoms with Crippen LogP contribution in [-0.2, 0) is 14.4 Å². The molecule has 0 aliphatic carbocycles.